The monoisotopic (exact) mass is 236 g/mol. The number of piperazine rings is 1. The van der Waals surface area contributed by atoms with Crippen LogP contribution in [0.15, 0.2) is 16.8 Å². The summed E-state index contributed by atoms with van der Waals surface area (Å²) >= 11 is 1.81. The molecule has 0 spiro atoms. The molecule has 0 saturated carbocycles. The van der Waals surface area contributed by atoms with Gasteiger partial charge in [-0.25, -0.2) is 0 Å². The van der Waals surface area contributed by atoms with Crippen LogP contribution in [0, 0.1) is 0 Å². The molecule has 3 heteroatoms. The van der Waals surface area contributed by atoms with E-state index in [1.807, 2.05) is 11.3 Å². The summed E-state index contributed by atoms with van der Waals surface area (Å²) in [5, 5.41) is 4.47. The van der Waals surface area contributed by atoms with E-state index in [-0.39, 0.29) is 0 Å². The van der Waals surface area contributed by atoms with E-state index in [2.05, 4.69) is 33.6 Å². The van der Waals surface area contributed by atoms with Crippen molar-refractivity contribution in [2.45, 2.75) is 38.4 Å². The number of rotatable bonds is 2. The maximum absolute atomic E-state index is 2.69. The summed E-state index contributed by atoms with van der Waals surface area (Å²) in [4.78, 5) is 5.35. The smallest absolute Gasteiger partial charge is 0.0246 e. The molecular weight excluding hydrogens is 216 g/mol. The van der Waals surface area contributed by atoms with Gasteiger partial charge in [-0.15, -0.1) is 0 Å². The molecule has 0 aliphatic carbocycles. The molecular formula is C13H20N2S. The first-order valence-electron chi connectivity index (χ1n) is 6.32. The number of thiophene rings is 1. The topological polar surface area (TPSA) is 6.48 Å². The molecule has 2 saturated heterocycles. The van der Waals surface area contributed by atoms with Crippen molar-refractivity contribution in [2.24, 2.45) is 0 Å². The van der Waals surface area contributed by atoms with Crippen molar-refractivity contribution in [2.75, 3.05) is 19.6 Å². The highest BCUT2D eigenvalue weighted by Gasteiger charge is 2.34. The predicted molar refractivity (Wildman–Crippen MR) is 68.8 cm³/mol. The average molecular weight is 236 g/mol. The fraction of sp³-hybridized carbons (Fsp3) is 0.692. The van der Waals surface area contributed by atoms with Crippen LogP contribution in [0.4, 0.5) is 0 Å². The summed E-state index contributed by atoms with van der Waals surface area (Å²) in [5.74, 6) is 0. The van der Waals surface area contributed by atoms with Gasteiger partial charge in [-0.05, 0) is 48.7 Å². The van der Waals surface area contributed by atoms with E-state index >= 15 is 0 Å². The van der Waals surface area contributed by atoms with Crippen LogP contribution in [0.2, 0.25) is 0 Å². The minimum atomic E-state index is 0.717. The largest absolute Gasteiger partial charge is 0.298 e. The molecule has 0 amide bonds. The van der Waals surface area contributed by atoms with Gasteiger partial charge in [-0.2, -0.15) is 11.3 Å². The SMILES string of the molecule is C[C@@H]1CN2CCCC2CN1Cc1ccsc1. The Morgan fingerprint density at radius 2 is 2.38 bits per heavy atom. The van der Waals surface area contributed by atoms with Crippen molar-refractivity contribution in [3.05, 3.63) is 22.4 Å². The molecule has 0 N–H and O–H groups in total. The van der Waals surface area contributed by atoms with Gasteiger partial charge in [0.25, 0.3) is 0 Å². The average Bonchev–Trinajstić information content (AvgIpc) is 2.89. The minimum Gasteiger partial charge on any atom is -0.298 e. The molecule has 1 aromatic heterocycles. The normalized spacial score (nSPS) is 31.8. The van der Waals surface area contributed by atoms with E-state index in [0.29, 0.717) is 6.04 Å². The number of fused-ring (bicyclic) bond motifs is 1. The Bertz CT molecular complexity index is 336. The predicted octanol–water partition coefficient (Wildman–Crippen LogP) is 2.42. The molecule has 1 unspecified atom stereocenters. The number of nitrogens with zero attached hydrogens (tertiary/aromatic N) is 2. The second kappa shape index (κ2) is 4.47. The first kappa shape index (κ1) is 10.8. The van der Waals surface area contributed by atoms with Gasteiger partial charge in [-0.1, -0.05) is 0 Å². The van der Waals surface area contributed by atoms with E-state index in [9.17, 15) is 0 Å². The number of hydrogen-bond acceptors (Lipinski definition) is 3. The van der Waals surface area contributed by atoms with Crippen molar-refractivity contribution in [1.29, 1.82) is 0 Å². The van der Waals surface area contributed by atoms with Crippen LogP contribution in [0.25, 0.3) is 0 Å². The third-order valence-electron chi connectivity index (χ3n) is 4.03. The van der Waals surface area contributed by atoms with E-state index in [0.717, 1.165) is 12.6 Å². The maximum Gasteiger partial charge on any atom is 0.0246 e. The summed E-state index contributed by atoms with van der Waals surface area (Å²) in [5.41, 5.74) is 1.49. The molecule has 3 heterocycles. The first-order chi connectivity index (χ1) is 7.83. The van der Waals surface area contributed by atoms with E-state index < -0.39 is 0 Å². The van der Waals surface area contributed by atoms with Crippen LogP contribution >= 0.6 is 11.3 Å². The first-order valence-corrected chi connectivity index (χ1v) is 7.26. The molecule has 1 aromatic rings. The molecule has 0 bridgehead atoms. The van der Waals surface area contributed by atoms with E-state index in [1.165, 1.54) is 38.0 Å². The summed E-state index contributed by atoms with van der Waals surface area (Å²) in [6, 6.07) is 3.82. The van der Waals surface area contributed by atoms with Crippen LogP contribution < -0.4 is 0 Å². The van der Waals surface area contributed by atoms with Crippen molar-refractivity contribution in [3.63, 3.8) is 0 Å². The molecule has 2 aliphatic rings. The molecule has 2 aliphatic heterocycles. The Morgan fingerprint density at radius 3 is 3.19 bits per heavy atom. The number of hydrogen-bond donors (Lipinski definition) is 0. The molecule has 2 fully saturated rings. The molecule has 2 nitrogen and oxygen atoms in total. The standard InChI is InChI=1S/C13H20N2S/c1-11-7-14-5-2-3-13(14)9-15(11)8-12-4-6-16-10-12/h4,6,10-11,13H,2-3,5,7-9H2,1H3/t11-,13?/m1/s1. The molecule has 16 heavy (non-hydrogen) atoms. The van der Waals surface area contributed by atoms with Crippen molar-refractivity contribution < 1.29 is 0 Å². The van der Waals surface area contributed by atoms with E-state index in [4.69, 9.17) is 0 Å². The minimum absolute atomic E-state index is 0.717. The lowest BCUT2D eigenvalue weighted by Crippen LogP contribution is -2.54. The van der Waals surface area contributed by atoms with Crippen molar-refractivity contribution >= 4 is 11.3 Å². The maximum atomic E-state index is 2.69. The molecule has 0 aromatic carbocycles. The van der Waals surface area contributed by atoms with Gasteiger partial charge in [-0.3, -0.25) is 9.80 Å². The Morgan fingerprint density at radius 1 is 1.44 bits per heavy atom. The second-order valence-corrected chi connectivity index (χ2v) is 5.98. The summed E-state index contributed by atoms with van der Waals surface area (Å²) < 4.78 is 0. The lowest BCUT2D eigenvalue weighted by molar-refractivity contribution is 0.0541. The fourth-order valence-corrected chi connectivity index (χ4v) is 3.75. The van der Waals surface area contributed by atoms with Crippen LogP contribution in [-0.4, -0.2) is 41.5 Å². The third kappa shape index (κ3) is 2.04. The van der Waals surface area contributed by atoms with Gasteiger partial charge in [0.15, 0.2) is 0 Å². The second-order valence-electron chi connectivity index (χ2n) is 5.20. The van der Waals surface area contributed by atoms with E-state index in [1.54, 1.807) is 0 Å². The highest BCUT2D eigenvalue weighted by atomic mass is 32.1. The Labute approximate surface area is 102 Å². The summed E-state index contributed by atoms with van der Waals surface area (Å²) in [6.07, 6.45) is 2.82. The lowest BCUT2D eigenvalue weighted by Gasteiger charge is -2.42. The molecule has 3 rings (SSSR count). The summed E-state index contributed by atoms with van der Waals surface area (Å²) in [6.45, 7) is 7.41. The molecule has 0 radical (unpaired) electrons. The molecule has 88 valence electrons. The van der Waals surface area contributed by atoms with Gasteiger partial charge in [0, 0.05) is 31.7 Å². The zero-order valence-corrected chi connectivity index (χ0v) is 10.7. The highest BCUT2D eigenvalue weighted by molar-refractivity contribution is 7.07. The zero-order valence-electron chi connectivity index (χ0n) is 9.93. The van der Waals surface area contributed by atoms with Crippen LogP contribution in [-0.2, 0) is 6.54 Å². The van der Waals surface area contributed by atoms with Crippen LogP contribution in [0.1, 0.15) is 25.3 Å². The van der Waals surface area contributed by atoms with Gasteiger partial charge in [0.05, 0.1) is 0 Å². The fourth-order valence-electron chi connectivity index (χ4n) is 3.09. The quantitative estimate of drug-likeness (QED) is 0.778. The van der Waals surface area contributed by atoms with Crippen molar-refractivity contribution in [3.8, 4) is 0 Å². The van der Waals surface area contributed by atoms with Gasteiger partial charge >= 0.3 is 0 Å². The highest BCUT2D eigenvalue weighted by Crippen LogP contribution is 2.25. The molecule has 2 atom stereocenters. The summed E-state index contributed by atoms with van der Waals surface area (Å²) in [7, 11) is 0. The Kier molecular flexibility index (Phi) is 3.01. The Hall–Kier alpha value is -0.380. The van der Waals surface area contributed by atoms with Crippen molar-refractivity contribution in [1.82, 2.24) is 9.80 Å². The van der Waals surface area contributed by atoms with Crippen LogP contribution in [0.3, 0.4) is 0 Å². The van der Waals surface area contributed by atoms with Gasteiger partial charge < -0.3 is 0 Å². The van der Waals surface area contributed by atoms with Gasteiger partial charge in [0.2, 0.25) is 0 Å². The van der Waals surface area contributed by atoms with Crippen LogP contribution in [0.5, 0.6) is 0 Å². The lowest BCUT2D eigenvalue weighted by atomic mass is 10.1. The zero-order chi connectivity index (χ0) is 11.0. The third-order valence-corrected chi connectivity index (χ3v) is 4.76. The van der Waals surface area contributed by atoms with Gasteiger partial charge in [0.1, 0.15) is 0 Å². The Balaban J connectivity index is 1.66.